The maximum Gasteiger partial charge on any atom is 0.251 e. The summed E-state index contributed by atoms with van der Waals surface area (Å²) in [6.07, 6.45) is 1.91. The van der Waals surface area contributed by atoms with Gasteiger partial charge in [-0.25, -0.2) is 0 Å². The second-order valence-corrected chi connectivity index (χ2v) is 7.63. The second kappa shape index (κ2) is 7.74. The normalized spacial score (nSPS) is 22.2. The lowest BCUT2D eigenvalue weighted by Gasteiger charge is -2.40. The number of carbonyl (C=O) groups excluding carboxylic acids is 1. The summed E-state index contributed by atoms with van der Waals surface area (Å²) in [4.78, 5) is 13.1. The van der Waals surface area contributed by atoms with E-state index in [0.29, 0.717) is 11.1 Å². The number of aromatic amines is 1. The summed E-state index contributed by atoms with van der Waals surface area (Å²) >= 11 is 0. The van der Waals surface area contributed by atoms with Crippen LogP contribution in [-0.4, -0.2) is 47.6 Å². The van der Waals surface area contributed by atoms with E-state index in [0.717, 1.165) is 37.0 Å². The number of H-pyrrole nitrogens is 1. The van der Waals surface area contributed by atoms with Gasteiger partial charge >= 0.3 is 0 Å². The number of rotatable bonds is 3. The van der Waals surface area contributed by atoms with Crippen LogP contribution in [0, 0.1) is 0 Å². The highest BCUT2D eigenvalue weighted by atomic mass is 35.5. The molecular weight excluding hydrogens is 390 g/mol. The Morgan fingerprint density at radius 3 is 2.69 bits per heavy atom. The Bertz CT molecular complexity index is 1030. The number of carbonyl (C=O) groups is 1. The Hall–Kier alpha value is -2.48. The number of piperidine rings is 1. The number of fused-ring (bicyclic) bond motifs is 3. The van der Waals surface area contributed by atoms with Crippen LogP contribution in [0.3, 0.4) is 0 Å². The quantitative estimate of drug-likeness (QED) is 0.613. The Labute approximate surface area is 175 Å². The molecule has 7 nitrogen and oxygen atoms in total. The first-order valence-electron chi connectivity index (χ1n) is 9.67. The molecular formula is C21H24ClN5O2. The molecule has 0 unspecified atom stereocenters. The Morgan fingerprint density at radius 2 is 1.90 bits per heavy atom. The first kappa shape index (κ1) is 19.8. The molecule has 2 aliphatic rings. The molecule has 1 aliphatic carbocycles. The number of halogens is 1. The zero-order valence-electron chi connectivity index (χ0n) is 16.1. The lowest BCUT2D eigenvalue weighted by molar-refractivity contribution is 0.00397. The van der Waals surface area contributed by atoms with Crippen molar-refractivity contribution in [3.05, 3.63) is 59.2 Å². The molecule has 1 amide bonds. The maximum absolute atomic E-state index is 13.1. The molecule has 29 heavy (non-hydrogen) atoms. The molecule has 3 aromatic rings. The van der Waals surface area contributed by atoms with Crippen molar-refractivity contribution in [2.24, 2.45) is 0 Å². The zero-order chi connectivity index (χ0) is 19.1. The average molecular weight is 414 g/mol. The first-order valence-corrected chi connectivity index (χ1v) is 9.67. The van der Waals surface area contributed by atoms with Crippen LogP contribution in [-0.2, 0) is 10.2 Å². The molecule has 1 aromatic heterocycles. The van der Waals surface area contributed by atoms with Crippen LogP contribution >= 0.6 is 12.4 Å². The van der Waals surface area contributed by atoms with E-state index >= 15 is 0 Å². The molecule has 0 bridgehead atoms. The van der Waals surface area contributed by atoms with E-state index in [-0.39, 0.29) is 35.9 Å². The summed E-state index contributed by atoms with van der Waals surface area (Å²) in [6, 6.07) is 13.6. The van der Waals surface area contributed by atoms with Crippen molar-refractivity contribution in [2.75, 3.05) is 20.2 Å². The van der Waals surface area contributed by atoms with E-state index < -0.39 is 0 Å². The first-order chi connectivity index (χ1) is 13.7. The summed E-state index contributed by atoms with van der Waals surface area (Å²) in [5.74, 6) is -0.127. The molecule has 2 heterocycles. The Morgan fingerprint density at radius 1 is 1.14 bits per heavy atom. The summed E-state index contributed by atoms with van der Waals surface area (Å²) in [7, 11) is 1.75. The van der Waals surface area contributed by atoms with E-state index in [1.807, 2.05) is 6.07 Å². The van der Waals surface area contributed by atoms with Gasteiger partial charge in [-0.3, -0.25) is 4.79 Å². The fourth-order valence-corrected chi connectivity index (χ4v) is 5.00. The molecule has 0 saturated carbocycles. The Balaban J connectivity index is 0.00000205. The molecule has 0 radical (unpaired) electrons. The lowest BCUT2D eigenvalue weighted by atomic mass is 9.72. The number of methoxy groups -OCH3 is 1. The highest BCUT2D eigenvalue weighted by Gasteiger charge is 2.53. The minimum Gasteiger partial charge on any atom is -0.378 e. The van der Waals surface area contributed by atoms with Gasteiger partial charge in [0.1, 0.15) is 11.0 Å². The summed E-state index contributed by atoms with van der Waals surface area (Å²) < 4.78 is 6.02. The minimum atomic E-state index is -0.181. The largest absolute Gasteiger partial charge is 0.378 e. The number of nitrogens with one attached hydrogen (secondary N) is 3. The van der Waals surface area contributed by atoms with Crippen LogP contribution in [0.15, 0.2) is 42.5 Å². The van der Waals surface area contributed by atoms with E-state index in [9.17, 15) is 4.79 Å². The van der Waals surface area contributed by atoms with Crippen molar-refractivity contribution >= 4 is 29.3 Å². The van der Waals surface area contributed by atoms with Crippen LogP contribution in [0.25, 0.3) is 11.0 Å². The van der Waals surface area contributed by atoms with Crippen molar-refractivity contribution in [3.63, 3.8) is 0 Å². The number of nitrogens with zero attached hydrogens (tertiary/aromatic N) is 2. The average Bonchev–Trinajstić information content (AvgIpc) is 3.30. The number of hydrogen-bond donors (Lipinski definition) is 3. The lowest BCUT2D eigenvalue weighted by Crippen LogP contribution is -2.49. The summed E-state index contributed by atoms with van der Waals surface area (Å²) in [6.45, 7) is 1.91. The van der Waals surface area contributed by atoms with Gasteiger partial charge in [-0.2, -0.15) is 15.4 Å². The third-order valence-corrected chi connectivity index (χ3v) is 6.29. The molecule has 2 atom stereocenters. The SMILES string of the molecule is CO[C@H]1[C@H](NC(=O)c2ccc3n[nH]nc3c2)c2ccccc2C12CCNCC2.Cl. The fourth-order valence-electron chi connectivity index (χ4n) is 5.00. The van der Waals surface area contributed by atoms with Gasteiger partial charge < -0.3 is 15.4 Å². The standard InChI is InChI=1S/C21H23N5O2.ClH/c1-28-19-18(23-20(27)13-6-7-16-17(12-13)25-26-24-16)14-4-2-3-5-15(14)21(19)8-10-22-11-9-21;/h2-7,12,18-19,22H,8-11H2,1H3,(H,23,27)(H,24,25,26);1H/t18-,19+;/m1./s1. The van der Waals surface area contributed by atoms with Gasteiger partial charge in [-0.1, -0.05) is 24.3 Å². The molecule has 1 aliphatic heterocycles. The van der Waals surface area contributed by atoms with Crippen LogP contribution in [0.1, 0.15) is 40.4 Å². The van der Waals surface area contributed by atoms with Crippen LogP contribution < -0.4 is 10.6 Å². The smallest absolute Gasteiger partial charge is 0.251 e. The number of hydrogen-bond acceptors (Lipinski definition) is 5. The van der Waals surface area contributed by atoms with Crippen molar-refractivity contribution in [2.45, 2.75) is 30.4 Å². The maximum atomic E-state index is 13.1. The molecule has 2 aromatic carbocycles. The third kappa shape index (κ3) is 3.10. The van der Waals surface area contributed by atoms with E-state index in [4.69, 9.17) is 4.74 Å². The van der Waals surface area contributed by atoms with Gasteiger partial charge in [-0.05, 0) is 55.3 Å². The highest BCUT2D eigenvalue weighted by molar-refractivity contribution is 5.97. The molecule has 5 rings (SSSR count). The molecule has 1 fully saturated rings. The van der Waals surface area contributed by atoms with E-state index in [2.05, 4.69) is 44.2 Å². The molecule has 1 saturated heterocycles. The monoisotopic (exact) mass is 413 g/mol. The van der Waals surface area contributed by atoms with Crippen LogP contribution in [0.4, 0.5) is 0 Å². The fraction of sp³-hybridized carbons (Fsp3) is 0.381. The van der Waals surface area contributed by atoms with E-state index in [1.54, 1.807) is 25.3 Å². The van der Waals surface area contributed by atoms with Gasteiger partial charge in [0, 0.05) is 18.1 Å². The predicted octanol–water partition coefficient (Wildman–Crippen LogP) is 2.50. The van der Waals surface area contributed by atoms with Gasteiger partial charge in [0.2, 0.25) is 0 Å². The van der Waals surface area contributed by atoms with Crippen LogP contribution in [0.5, 0.6) is 0 Å². The minimum absolute atomic E-state index is 0. The van der Waals surface area contributed by atoms with Crippen molar-refractivity contribution in [3.8, 4) is 0 Å². The van der Waals surface area contributed by atoms with Crippen molar-refractivity contribution < 1.29 is 9.53 Å². The van der Waals surface area contributed by atoms with Gasteiger partial charge in [0.05, 0.1) is 12.1 Å². The Kier molecular flexibility index (Phi) is 5.29. The summed E-state index contributed by atoms with van der Waals surface area (Å²) in [5.41, 5.74) is 4.39. The number of ether oxygens (including phenoxy) is 1. The molecule has 3 N–H and O–H groups in total. The number of aromatic nitrogens is 3. The zero-order valence-corrected chi connectivity index (χ0v) is 17.0. The van der Waals surface area contributed by atoms with Crippen molar-refractivity contribution in [1.82, 2.24) is 26.0 Å². The van der Waals surface area contributed by atoms with Crippen LogP contribution in [0.2, 0.25) is 0 Å². The highest BCUT2D eigenvalue weighted by Crippen LogP contribution is 2.51. The predicted molar refractivity (Wildman–Crippen MR) is 112 cm³/mol. The van der Waals surface area contributed by atoms with Gasteiger partial charge in [-0.15, -0.1) is 12.4 Å². The number of amides is 1. The molecule has 1 spiro atoms. The van der Waals surface area contributed by atoms with Gasteiger partial charge in [0.25, 0.3) is 5.91 Å². The molecule has 8 heteroatoms. The molecule has 152 valence electrons. The number of benzene rings is 2. The second-order valence-electron chi connectivity index (χ2n) is 7.63. The topological polar surface area (TPSA) is 91.9 Å². The summed E-state index contributed by atoms with van der Waals surface area (Å²) in [5, 5.41) is 17.4. The van der Waals surface area contributed by atoms with Gasteiger partial charge in [0.15, 0.2) is 0 Å². The van der Waals surface area contributed by atoms with E-state index in [1.165, 1.54) is 5.56 Å². The third-order valence-electron chi connectivity index (χ3n) is 6.29. The van der Waals surface area contributed by atoms with Crippen molar-refractivity contribution in [1.29, 1.82) is 0 Å².